The summed E-state index contributed by atoms with van der Waals surface area (Å²) >= 11 is 1.38. The van der Waals surface area contributed by atoms with Crippen LogP contribution in [0.5, 0.6) is 0 Å². The molecule has 3 heterocycles. The first kappa shape index (κ1) is 21.7. The number of anilines is 2. The lowest BCUT2D eigenvalue weighted by Crippen LogP contribution is -2.35. The summed E-state index contributed by atoms with van der Waals surface area (Å²) in [4.78, 5) is 14.8. The highest BCUT2D eigenvalue weighted by Crippen LogP contribution is 2.28. The van der Waals surface area contributed by atoms with E-state index >= 15 is 0 Å². The van der Waals surface area contributed by atoms with Crippen LogP contribution in [-0.4, -0.2) is 52.2 Å². The normalized spacial score (nSPS) is 19.4. The first-order valence-electron chi connectivity index (χ1n) is 10.8. The molecular formula is C22H28N6O2S. The number of rotatable bonds is 7. The molecule has 2 fully saturated rings. The minimum Gasteiger partial charge on any atom is -0.376 e. The van der Waals surface area contributed by atoms with E-state index in [0.717, 1.165) is 62.4 Å². The summed E-state index contributed by atoms with van der Waals surface area (Å²) in [6.07, 6.45) is 4.59. The summed E-state index contributed by atoms with van der Waals surface area (Å²) in [6.45, 7) is 5.76. The third-order valence-electron chi connectivity index (χ3n) is 5.78. The molecule has 1 aromatic heterocycles. The van der Waals surface area contributed by atoms with E-state index in [1.807, 2.05) is 0 Å². The molecule has 1 aromatic carbocycles. The molecule has 2 saturated heterocycles. The predicted molar refractivity (Wildman–Crippen MR) is 120 cm³/mol. The molecule has 164 valence electrons. The van der Waals surface area contributed by atoms with Crippen LogP contribution in [0.1, 0.15) is 38.2 Å². The maximum atomic E-state index is 12.5. The highest BCUT2D eigenvalue weighted by Gasteiger charge is 2.26. The average molecular weight is 441 g/mol. The quantitative estimate of drug-likeness (QED) is 0.660. The Bertz CT molecular complexity index is 942. The Hall–Kier alpha value is -2.57. The Morgan fingerprint density at radius 1 is 1.32 bits per heavy atom. The zero-order valence-electron chi connectivity index (χ0n) is 17.8. The summed E-state index contributed by atoms with van der Waals surface area (Å²) in [5.41, 5.74) is 1.14. The van der Waals surface area contributed by atoms with E-state index in [1.165, 1.54) is 11.8 Å². The fourth-order valence-electron chi connectivity index (χ4n) is 3.98. The lowest BCUT2D eigenvalue weighted by atomic mass is 10.00. The van der Waals surface area contributed by atoms with Gasteiger partial charge >= 0.3 is 0 Å². The fourth-order valence-corrected chi connectivity index (χ4v) is 4.72. The molecule has 8 nitrogen and oxygen atoms in total. The van der Waals surface area contributed by atoms with E-state index in [9.17, 15) is 4.79 Å². The zero-order valence-corrected chi connectivity index (χ0v) is 18.6. The zero-order chi connectivity index (χ0) is 21.6. The van der Waals surface area contributed by atoms with E-state index in [2.05, 4.69) is 38.0 Å². The van der Waals surface area contributed by atoms with Gasteiger partial charge in [-0.15, -0.1) is 10.2 Å². The summed E-state index contributed by atoms with van der Waals surface area (Å²) in [6, 6.07) is 8.99. The van der Waals surface area contributed by atoms with Crippen molar-refractivity contribution in [3.8, 4) is 6.07 Å². The van der Waals surface area contributed by atoms with Gasteiger partial charge in [0.15, 0.2) is 5.16 Å². The third-order valence-corrected chi connectivity index (χ3v) is 6.75. The molecule has 1 atom stereocenters. The second kappa shape index (κ2) is 10.2. The standard InChI is InChI=1S/C22H28N6O2S/c1-16-7-9-27(10-8-16)21-25-26-22(28(21)14-19-6-3-11-30-19)31-15-20(29)24-18-5-2-4-17(12-18)13-23/h2,4-5,12,16,19H,3,6-11,14-15H2,1H3,(H,24,29). The number of hydrogen-bond acceptors (Lipinski definition) is 7. The van der Waals surface area contributed by atoms with Gasteiger partial charge in [-0.05, 0) is 49.8 Å². The number of carbonyl (C=O) groups excluding carboxylic acids is 1. The SMILES string of the molecule is CC1CCN(c2nnc(SCC(=O)Nc3cccc(C#N)c3)n2CC2CCCO2)CC1. The molecular weight excluding hydrogens is 412 g/mol. The molecule has 9 heteroatoms. The number of carbonyl (C=O) groups is 1. The molecule has 2 aromatic rings. The third kappa shape index (κ3) is 5.57. The molecule has 0 spiro atoms. The summed E-state index contributed by atoms with van der Waals surface area (Å²) < 4.78 is 7.98. The first-order valence-corrected chi connectivity index (χ1v) is 11.8. The number of nitriles is 1. The molecule has 2 aliphatic heterocycles. The van der Waals surface area contributed by atoms with Crippen molar-refractivity contribution in [3.63, 3.8) is 0 Å². The number of aromatic nitrogens is 3. The lowest BCUT2D eigenvalue weighted by molar-refractivity contribution is -0.113. The van der Waals surface area contributed by atoms with Gasteiger partial charge in [-0.2, -0.15) is 5.26 Å². The second-order valence-corrected chi connectivity index (χ2v) is 9.17. The molecule has 1 amide bonds. The van der Waals surface area contributed by atoms with E-state index < -0.39 is 0 Å². The van der Waals surface area contributed by atoms with E-state index in [4.69, 9.17) is 10.00 Å². The maximum absolute atomic E-state index is 12.5. The first-order chi connectivity index (χ1) is 15.1. The van der Waals surface area contributed by atoms with Gasteiger partial charge in [-0.1, -0.05) is 24.8 Å². The predicted octanol–water partition coefficient (Wildman–Crippen LogP) is 3.30. The largest absolute Gasteiger partial charge is 0.376 e. The lowest BCUT2D eigenvalue weighted by Gasteiger charge is -2.31. The number of nitrogens with one attached hydrogen (secondary N) is 1. The highest BCUT2D eigenvalue weighted by atomic mass is 32.2. The van der Waals surface area contributed by atoms with Crippen molar-refractivity contribution >= 4 is 29.3 Å². The molecule has 31 heavy (non-hydrogen) atoms. The van der Waals surface area contributed by atoms with Crippen molar-refractivity contribution < 1.29 is 9.53 Å². The van der Waals surface area contributed by atoms with Crippen LogP contribution in [0.25, 0.3) is 0 Å². The van der Waals surface area contributed by atoms with Crippen LogP contribution in [-0.2, 0) is 16.1 Å². The van der Waals surface area contributed by atoms with Crippen LogP contribution in [0.3, 0.4) is 0 Å². The van der Waals surface area contributed by atoms with E-state index in [1.54, 1.807) is 24.3 Å². The molecule has 1 N–H and O–H groups in total. The van der Waals surface area contributed by atoms with Gasteiger partial charge in [0, 0.05) is 25.4 Å². The van der Waals surface area contributed by atoms with Crippen molar-refractivity contribution in [1.82, 2.24) is 14.8 Å². The number of hydrogen-bond donors (Lipinski definition) is 1. The maximum Gasteiger partial charge on any atom is 0.234 e. The van der Waals surface area contributed by atoms with Crippen LogP contribution in [0.4, 0.5) is 11.6 Å². The fraction of sp³-hybridized carbons (Fsp3) is 0.545. The second-order valence-electron chi connectivity index (χ2n) is 8.23. The van der Waals surface area contributed by atoms with Crippen LogP contribution < -0.4 is 10.2 Å². The molecule has 0 aliphatic carbocycles. The Labute approximate surface area is 187 Å². The van der Waals surface area contributed by atoms with Crippen LogP contribution >= 0.6 is 11.8 Å². The number of piperidine rings is 1. The summed E-state index contributed by atoms with van der Waals surface area (Å²) in [5.74, 6) is 1.70. The molecule has 0 saturated carbocycles. The van der Waals surface area contributed by atoms with Crippen molar-refractivity contribution in [3.05, 3.63) is 29.8 Å². The molecule has 0 bridgehead atoms. The molecule has 1 unspecified atom stereocenters. The van der Waals surface area contributed by atoms with Gasteiger partial charge in [-0.3, -0.25) is 9.36 Å². The Balaban J connectivity index is 1.43. The van der Waals surface area contributed by atoms with Gasteiger partial charge in [0.2, 0.25) is 11.9 Å². The number of ether oxygens (including phenoxy) is 1. The number of benzene rings is 1. The smallest absolute Gasteiger partial charge is 0.234 e. The van der Waals surface area contributed by atoms with Gasteiger partial charge in [0.25, 0.3) is 0 Å². The summed E-state index contributed by atoms with van der Waals surface area (Å²) in [5, 5.41) is 21.5. The van der Waals surface area contributed by atoms with Crippen molar-refractivity contribution in [2.75, 3.05) is 35.7 Å². The van der Waals surface area contributed by atoms with Gasteiger partial charge in [-0.25, -0.2) is 0 Å². The Morgan fingerprint density at radius 3 is 2.90 bits per heavy atom. The molecule has 2 aliphatic rings. The topological polar surface area (TPSA) is 96.1 Å². The number of nitrogens with zero attached hydrogens (tertiary/aromatic N) is 5. The van der Waals surface area contributed by atoms with Gasteiger partial charge in [0.05, 0.1) is 30.0 Å². The van der Waals surface area contributed by atoms with Crippen molar-refractivity contribution in [1.29, 1.82) is 5.26 Å². The monoisotopic (exact) mass is 440 g/mol. The Kier molecular flexibility index (Phi) is 7.10. The van der Waals surface area contributed by atoms with E-state index in [-0.39, 0.29) is 17.8 Å². The minimum atomic E-state index is -0.139. The van der Waals surface area contributed by atoms with Crippen LogP contribution in [0.2, 0.25) is 0 Å². The van der Waals surface area contributed by atoms with E-state index in [0.29, 0.717) is 17.8 Å². The van der Waals surface area contributed by atoms with Crippen molar-refractivity contribution in [2.45, 2.75) is 50.4 Å². The molecule has 4 rings (SSSR count). The van der Waals surface area contributed by atoms with Crippen molar-refractivity contribution in [2.24, 2.45) is 5.92 Å². The molecule has 0 radical (unpaired) electrons. The van der Waals surface area contributed by atoms with Crippen LogP contribution in [0, 0.1) is 17.2 Å². The van der Waals surface area contributed by atoms with Gasteiger partial charge < -0.3 is 15.0 Å². The van der Waals surface area contributed by atoms with Crippen LogP contribution in [0.15, 0.2) is 29.4 Å². The van der Waals surface area contributed by atoms with Gasteiger partial charge in [0.1, 0.15) is 0 Å². The number of amides is 1. The minimum absolute atomic E-state index is 0.139. The number of thioether (sulfide) groups is 1. The average Bonchev–Trinajstić information content (AvgIpc) is 3.43. The highest BCUT2D eigenvalue weighted by molar-refractivity contribution is 7.99. The summed E-state index contributed by atoms with van der Waals surface area (Å²) in [7, 11) is 0. The Morgan fingerprint density at radius 2 is 2.16 bits per heavy atom.